The number of fused-ring (bicyclic) bond motifs is 2. The minimum Gasteiger partial charge on any atom is -0.347 e. The second-order valence-electron chi connectivity index (χ2n) is 8.70. The molecule has 2 N–H and O–H groups in total. The quantitative estimate of drug-likeness (QED) is 0.588. The van der Waals surface area contributed by atoms with Crippen LogP contribution in [0.1, 0.15) is 41.9 Å². The molecule has 7 heteroatoms. The highest BCUT2D eigenvalue weighted by atomic mass is 16.2. The van der Waals surface area contributed by atoms with Crippen molar-refractivity contribution in [2.75, 3.05) is 6.54 Å². The molecule has 3 heterocycles. The first-order chi connectivity index (χ1) is 15.6. The van der Waals surface area contributed by atoms with Gasteiger partial charge in [-0.2, -0.15) is 0 Å². The molecule has 2 aromatic carbocycles. The molecule has 2 aliphatic rings. The molecule has 2 saturated heterocycles. The van der Waals surface area contributed by atoms with Gasteiger partial charge in [-0.25, -0.2) is 4.98 Å². The molecule has 2 aliphatic heterocycles. The lowest BCUT2D eigenvalue weighted by Gasteiger charge is -2.37. The molecular weight excluding hydrogens is 404 g/mol. The molecule has 3 unspecified atom stereocenters. The van der Waals surface area contributed by atoms with E-state index < -0.39 is 6.04 Å². The highest BCUT2D eigenvalue weighted by Gasteiger charge is 2.45. The van der Waals surface area contributed by atoms with E-state index in [4.69, 9.17) is 0 Å². The first kappa shape index (κ1) is 20.4. The molecule has 0 spiro atoms. The Morgan fingerprint density at radius 3 is 2.56 bits per heavy atom. The molecule has 3 atom stereocenters. The van der Waals surface area contributed by atoms with Gasteiger partial charge in [-0.3, -0.25) is 14.4 Å². The molecule has 7 nitrogen and oxygen atoms in total. The summed E-state index contributed by atoms with van der Waals surface area (Å²) in [4.78, 5) is 47.8. The molecule has 0 aliphatic carbocycles. The zero-order chi connectivity index (χ0) is 22.1. The number of carbonyl (C=O) groups is 3. The zero-order valence-corrected chi connectivity index (χ0v) is 17.8. The number of para-hydroxylation sites is 2. The number of amides is 2. The third kappa shape index (κ3) is 3.90. The highest BCUT2D eigenvalue weighted by molar-refractivity contribution is 5.99. The van der Waals surface area contributed by atoms with Crippen LogP contribution < -0.4 is 5.32 Å². The molecule has 0 radical (unpaired) electrons. The number of imidazole rings is 1. The average Bonchev–Trinajstić information content (AvgIpc) is 3.45. The molecule has 1 aromatic heterocycles. The fraction of sp³-hybridized carbons (Fsp3) is 0.360. The number of benzene rings is 2. The van der Waals surface area contributed by atoms with Crippen molar-refractivity contribution in [2.45, 2.75) is 44.2 Å². The van der Waals surface area contributed by atoms with Crippen LogP contribution in [0.5, 0.6) is 0 Å². The lowest BCUT2D eigenvalue weighted by molar-refractivity contribution is -0.146. The van der Waals surface area contributed by atoms with Crippen molar-refractivity contribution < 1.29 is 14.4 Å². The summed E-state index contributed by atoms with van der Waals surface area (Å²) in [5.74, 6) is -0.347. The number of hydrogen-bond acceptors (Lipinski definition) is 4. The van der Waals surface area contributed by atoms with E-state index in [1.165, 1.54) is 0 Å². The summed E-state index contributed by atoms with van der Waals surface area (Å²) in [6, 6.07) is 17.0. The molecule has 164 valence electrons. The van der Waals surface area contributed by atoms with Gasteiger partial charge < -0.3 is 15.2 Å². The van der Waals surface area contributed by atoms with Crippen molar-refractivity contribution in [2.24, 2.45) is 5.92 Å². The largest absolute Gasteiger partial charge is 0.347 e. The Bertz CT molecular complexity index is 1120. The van der Waals surface area contributed by atoms with E-state index in [0.717, 1.165) is 30.3 Å². The predicted molar refractivity (Wildman–Crippen MR) is 120 cm³/mol. The van der Waals surface area contributed by atoms with Gasteiger partial charge in [0.1, 0.15) is 6.04 Å². The Morgan fingerprint density at radius 1 is 1.00 bits per heavy atom. The van der Waals surface area contributed by atoms with Gasteiger partial charge >= 0.3 is 0 Å². The lowest BCUT2D eigenvalue weighted by atomic mass is 9.87. The summed E-state index contributed by atoms with van der Waals surface area (Å²) in [5, 5.41) is 2.74. The van der Waals surface area contributed by atoms with Crippen LogP contribution >= 0.6 is 0 Å². The molecule has 0 saturated carbocycles. The average molecular weight is 431 g/mol. The highest BCUT2D eigenvalue weighted by Crippen LogP contribution is 2.36. The summed E-state index contributed by atoms with van der Waals surface area (Å²) in [6.07, 6.45) is 3.94. The van der Waals surface area contributed by atoms with Crippen LogP contribution in [-0.4, -0.2) is 51.1 Å². The summed E-state index contributed by atoms with van der Waals surface area (Å²) < 4.78 is 0. The molecule has 32 heavy (non-hydrogen) atoms. The number of rotatable bonds is 6. The Balaban J connectivity index is 1.22. The number of H-pyrrole nitrogens is 1. The van der Waals surface area contributed by atoms with Crippen molar-refractivity contribution in [1.82, 2.24) is 20.2 Å². The lowest BCUT2D eigenvalue weighted by Crippen LogP contribution is -2.54. The number of carbonyl (C=O) groups excluding carboxylic acids is 3. The van der Waals surface area contributed by atoms with E-state index in [1.807, 2.05) is 54.6 Å². The van der Waals surface area contributed by atoms with E-state index in [9.17, 15) is 14.4 Å². The number of Topliss-reactive ketones (excluding diaryl/α,β-unsaturated/α-hetero) is 1. The summed E-state index contributed by atoms with van der Waals surface area (Å²) >= 11 is 0. The van der Waals surface area contributed by atoms with Crippen molar-refractivity contribution in [3.63, 3.8) is 0 Å². The fourth-order valence-corrected chi connectivity index (χ4v) is 5.03. The van der Waals surface area contributed by atoms with Crippen LogP contribution in [0.25, 0.3) is 11.0 Å². The van der Waals surface area contributed by atoms with E-state index in [2.05, 4.69) is 15.3 Å². The molecule has 2 fully saturated rings. The van der Waals surface area contributed by atoms with Gasteiger partial charge in [0.15, 0.2) is 5.82 Å². The Morgan fingerprint density at radius 2 is 1.75 bits per heavy atom. The van der Waals surface area contributed by atoms with Gasteiger partial charge in [-0.1, -0.05) is 42.5 Å². The molecule has 5 rings (SSSR count). The minimum atomic E-state index is -0.505. The fourth-order valence-electron chi connectivity index (χ4n) is 5.03. The summed E-state index contributed by atoms with van der Waals surface area (Å²) in [5.41, 5.74) is 2.63. The van der Waals surface area contributed by atoms with Crippen LogP contribution in [0, 0.1) is 5.92 Å². The maximum Gasteiger partial charge on any atom is 0.243 e. The number of piperidine rings is 1. The number of ketones is 1. The van der Waals surface area contributed by atoms with Gasteiger partial charge in [0.05, 0.1) is 17.6 Å². The molecule has 0 bridgehead atoms. The first-order valence-electron chi connectivity index (χ1n) is 11.2. The molecule has 2 amide bonds. The Labute approximate surface area is 186 Å². The second-order valence-corrected chi connectivity index (χ2v) is 8.70. The summed E-state index contributed by atoms with van der Waals surface area (Å²) in [6.45, 7) is -0.144. The maximum absolute atomic E-state index is 13.2. The number of aromatic amines is 1. The van der Waals surface area contributed by atoms with Gasteiger partial charge in [-0.15, -0.1) is 0 Å². The molecular formula is C25H26N4O3. The standard InChI is InChI=1S/C25H26N4O3/c30-22(23-27-19-8-4-5-9-20(19)28-23)15-26-24(31)21-13-12-18-11-10-17(25(32)29(18)21)14-16-6-2-1-3-7-16/h1-9,17-18,21H,10-15H2,(H,26,31)(H,27,28). The Kier molecular flexibility index (Phi) is 5.47. The van der Waals surface area contributed by atoms with Crippen LogP contribution in [0.4, 0.5) is 0 Å². The van der Waals surface area contributed by atoms with E-state index in [-0.39, 0.29) is 41.9 Å². The summed E-state index contributed by atoms with van der Waals surface area (Å²) in [7, 11) is 0. The van der Waals surface area contributed by atoms with Crippen molar-refractivity contribution >= 4 is 28.6 Å². The van der Waals surface area contributed by atoms with E-state index >= 15 is 0 Å². The number of nitrogens with zero attached hydrogens (tertiary/aromatic N) is 2. The van der Waals surface area contributed by atoms with Gasteiger partial charge in [0, 0.05) is 12.0 Å². The SMILES string of the molecule is O=C(CNC(=O)C1CCC2CCC(Cc3ccccc3)C(=O)N21)c1nc2ccccc2[nH]1. The first-order valence-corrected chi connectivity index (χ1v) is 11.2. The number of aromatic nitrogens is 2. The third-order valence-corrected chi connectivity index (χ3v) is 6.66. The van der Waals surface area contributed by atoms with Crippen LogP contribution in [0.15, 0.2) is 54.6 Å². The van der Waals surface area contributed by atoms with Gasteiger partial charge in [0.2, 0.25) is 17.6 Å². The predicted octanol–water partition coefficient (Wildman–Crippen LogP) is 2.87. The van der Waals surface area contributed by atoms with Crippen molar-refractivity contribution in [3.05, 3.63) is 66.0 Å². The van der Waals surface area contributed by atoms with E-state index in [1.54, 1.807) is 4.90 Å². The van der Waals surface area contributed by atoms with Crippen molar-refractivity contribution in [3.8, 4) is 0 Å². The normalized spacial score (nSPS) is 22.7. The second kappa shape index (κ2) is 8.57. The Hall–Kier alpha value is -3.48. The molecule has 3 aromatic rings. The topological polar surface area (TPSA) is 95.2 Å². The number of nitrogens with one attached hydrogen (secondary N) is 2. The maximum atomic E-state index is 13.2. The zero-order valence-electron chi connectivity index (χ0n) is 17.8. The smallest absolute Gasteiger partial charge is 0.243 e. The van der Waals surface area contributed by atoms with Gasteiger partial charge in [-0.05, 0) is 49.8 Å². The van der Waals surface area contributed by atoms with Crippen LogP contribution in [-0.2, 0) is 16.0 Å². The minimum absolute atomic E-state index is 0.0614. The third-order valence-electron chi connectivity index (χ3n) is 6.66. The van der Waals surface area contributed by atoms with E-state index in [0.29, 0.717) is 18.4 Å². The number of hydrogen-bond donors (Lipinski definition) is 2. The monoisotopic (exact) mass is 430 g/mol. The van der Waals surface area contributed by atoms with Crippen molar-refractivity contribution in [1.29, 1.82) is 0 Å². The van der Waals surface area contributed by atoms with Crippen LogP contribution in [0.2, 0.25) is 0 Å². The van der Waals surface area contributed by atoms with Gasteiger partial charge in [0.25, 0.3) is 0 Å². The van der Waals surface area contributed by atoms with Crippen LogP contribution in [0.3, 0.4) is 0 Å².